The SMILES string of the molecule is CCCCCCCCCCCCCCCCC(C(=O)[O-])N(C)C(C)=O.[Na+]. The number of carboxylic acids is 1. The van der Waals surface area contributed by atoms with Gasteiger partial charge in [-0.05, 0) is 6.42 Å². The number of carbonyl (C=O) groups excluding carboxylic acids is 2. The van der Waals surface area contributed by atoms with Crippen molar-refractivity contribution in [3.63, 3.8) is 0 Å². The van der Waals surface area contributed by atoms with Gasteiger partial charge in [0.15, 0.2) is 0 Å². The molecule has 0 radical (unpaired) electrons. The van der Waals surface area contributed by atoms with Crippen molar-refractivity contribution >= 4 is 11.9 Å². The Morgan fingerprint density at radius 2 is 1.12 bits per heavy atom. The van der Waals surface area contributed by atoms with Crippen LogP contribution >= 0.6 is 0 Å². The van der Waals surface area contributed by atoms with Crippen LogP contribution in [0.1, 0.15) is 110 Å². The Kier molecular flexibility index (Phi) is 21.3. The molecule has 0 rings (SSSR count). The van der Waals surface area contributed by atoms with Gasteiger partial charge in [0.05, 0.1) is 12.0 Å². The van der Waals surface area contributed by atoms with Gasteiger partial charge < -0.3 is 14.8 Å². The summed E-state index contributed by atoms with van der Waals surface area (Å²) >= 11 is 0. The Bertz CT molecular complexity index is 350. The normalized spacial score (nSPS) is 11.7. The number of aliphatic carboxylic acids is 1. The van der Waals surface area contributed by atoms with Crippen molar-refractivity contribution in [3.05, 3.63) is 0 Å². The second-order valence-electron chi connectivity index (χ2n) is 7.35. The summed E-state index contributed by atoms with van der Waals surface area (Å²) in [7, 11) is 1.53. The Labute approximate surface area is 183 Å². The van der Waals surface area contributed by atoms with Crippen LogP contribution in [0.25, 0.3) is 0 Å². The van der Waals surface area contributed by atoms with Crippen LogP contribution in [-0.2, 0) is 9.59 Å². The molecule has 0 spiro atoms. The molecule has 0 bridgehead atoms. The van der Waals surface area contributed by atoms with E-state index < -0.39 is 12.0 Å². The summed E-state index contributed by atoms with van der Waals surface area (Å²) in [4.78, 5) is 23.7. The third kappa shape index (κ3) is 16.1. The molecule has 0 heterocycles. The van der Waals surface area contributed by atoms with Crippen molar-refractivity contribution in [1.29, 1.82) is 0 Å². The van der Waals surface area contributed by atoms with E-state index in [0.717, 1.165) is 19.3 Å². The number of unbranched alkanes of at least 4 members (excludes halogenated alkanes) is 13. The van der Waals surface area contributed by atoms with Gasteiger partial charge in [-0.15, -0.1) is 0 Å². The number of hydrogen-bond acceptors (Lipinski definition) is 3. The van der Waals surface area contributed by atoms with E-state index in [9.17, 15) is 14.7 Å². The molecule has 148 valence electrons. The standard InChI is InChI=1S/C21H41NO3.Na/c1-4-5-6-7-8-9-10-11-12-13-14-15-16-17-18-20(21(24)25)22(3)19(2)23;/h20H,4-18H2,1-3H3,(H,24,25);/q;+1/p-1. The molecule has 1 unspecified atom stereocenters. The number of hydrogen-bond donors (Lipinski definition) is 0. The summed E-state index contributed by atoms with van der Waals surface area (Å²) in [5.74, 6) is -1.37. The van der Waals surface area contributed by atoms with E-state index in [0.29, 0.717) is 6.42 Å². The summed E-state index contributed by atoms with van der Waals surface area (Å²) in [5, 5.41) is 11.1. The average molecular weight is 378 g/mol. The van der Waals surface area contributed by atoms with Crippen LogP contribution in [0, 0.1) is 0 Å². The fourth-order valence-corrected chi connectivity index (χ4v) is 3.22. The maximum atomic E-state index is 11.3. The maximum absolute atomic E-state index is 11.3. The van der Waals surface area contributed by atoms with Gasteiger partial charge in [-0.1, -0.05) is 96.8 Å². The number of likely N-dealkylation sites (N-methyl/N-ethyl adjacent to an activating group) is 1. The Morgan fingerprint density at radius 1 is 0.769 bits per heavy atom. The molecule has 5 heteroatoms. The first-order chi connectivity index (χ1) is 12.0. The molecule has 4 nitrogen and oxygen atoms in total. The van der Waals surface area contributed by atoms with Gasteiger partial charge in [-0.2, -0.15) is 0 Å². The summed E-state index contributed by atoms with van der Waals surface area (Å²) in [6.07, 6.45) is 18.4. The van der Waals surface area contributed by atoms with Gasteiger partial charge in [-0.25, -0.2) is 0 Å². The molecule has 0 N–H and O–H groups in total. The zero-order chi connectivity index (χ0) is 18.9. The molecule has 0 aromatic heterocycles. The third-order valence-electron chi connectivity index (χ3n) is 5.07. The molecule has 26 heavy (non-hydrogen) atoms. The zero-order valence-corrected chi connectivity index (χ0v) is 19.9. The average Bonchev–Trinajstić information content (AvgIpc) is 2.57. The van der Waals surface area contributed by atoms with E-state index in [1.165, 1.54) is 89.5 Å². The Balaban J connectivity index is 0. The molecule has 0 aliphatic rings. The molecular formula is C21H40NNaO3. The van der Waals surface area contributed by atoms with Crippen LogP contribution in [0.15, 0.2) is 0 Å². The first kappa shape index (κ1) is 28.2. The number of rotatable bonds is 17. The van der Waals surface area contributed by atoms with Crippen molar-refractivity contribution in [2.75, 3.05) is 7.05 Å². The largest absolute Gasteiger partial charge is 1.00 e. The van der Waals surface area contributed by atoms with Crippen molar-refractivity contribution in [3.8, 4) is 0 Å². The topological polar surface area (TPSA) is 60.4 Å². The van der Waals surface area contributed by atoms with E-state index >= 15 is 0 Å². The molecule has 0 aromatic carbocycles. The molecule has 1 atom stereocenters. The second-order valence-corrected chi connectivity index (χ2v) is 7.35. The first-order valence-corrected chi connectivity index (χ1v) is 10.4. The van der Waals surface area contributed by atoms with Crippen LogP contribution < -0.4 is 34.7 Å². The summed E-state index contributed by atoms with van der Waals surface area (Å²) < 4.78 is 0. The van der Waals surface area contributed by atoms with Crippen molar-refractivity contribution in [2.45, 2.75) is 116 Å². The predicted molar refractivity (Wildman–Crippen MR) is 102 cm³/mol. The van der Waals surface area contributed by atoms with Crippen molar-refractivity contribution in [2.24, 2.45) is 0 Å². The van der Waals surface area contributed by atoms with Crippen LogP contribution in [0.4, 0.5) is 0 Å². The zero-order valence-electron chi connectivity index (χ0n) is 17.9. The van der Waals surface area contributed by atoms with E-state index in [4.69, 9.17) is 0 Å². The van der Waals surface area contributed by atoms with Gasteiger partial charge >= 0.3 is 29.6 Å². The van der Waals surface area contributed by atoms with Gasteiger partial charge in [0.25, 0.3) is 0 Å². The summed E-state index contributed by atoms with van der Waals surface area (Å²) in [6.45, 7) is 3.65. The Morgan fingerprint density at radius 3 is 1.42 bits per heavy atom. The Hall–Kier alpha value is -0.0600. The minimum Gasteiger partial charge on any atom is -0.548 e. The summed E-state index contributed by atoms with van der Waals surface area (Å²) in [5.41, 5.74) is 0. The molecule has 0 aliphatic carbocycles. The molecule has 0 saturated carbocycles. The third-order valence-corrected chi connectivity index (χ3v) is 5.07. The first-order valence-electron chi connectivity index (χ1n) is 10.4. The quantitative estimate of drug-likeness (QED) is 0.285. The fraction of sp³-hybridized carbons (Fsp3) is 0.905. The van der Waals surface area contributed by atoms with E-state index in [1.54, 1.807) is 0 Å². The molecule has 0 saturated heterocycles. The van der Waals surface area contributed by atoms with Gasteiger partial charge in [0.1, 0.15) is 0 Å². The van der Waals surface area contributed by atoms with Crippen LogP contribution in [0.5, 0.6) is 0 Å². The predicted octanol–water partition coefficient (Wildman–Crippen LogP) is 1.46. The minimum atomic E-state index is -1.15. The summed E-state index contributed by atoms with van der Waals surface area (Å²) in [6, 6.07) is -0.783. The van der Waals surface area contributed by atoms with E-state index in [-0.39, 0.29) is 35.5 Å². The number of carboxylic acid groups (broad SMARTS) is 1. The van der Waals surface area contributed by atoms with Gasteiger partial charge in [-0.3, -0.25) is 4.79 Å². The number of amides is 1. The molecule has 0 fully saturated rings. The van der Waals surface area contributed by atoms with Crippen molar-refractivity contribution in [1.82, 2.24) is 4.90 Å². The minimum absolute atomic E-state index is 0. The van der Waals surface area contributed by atoms with Crippen molar-refractivity contribution < 1.29 is 44.3 Å². The molecule has 0 aromatic rings. The van der Waals surface area contributed by atoms with Gasteiger partial charge in [0, 0.05) is 14.0 Å². The van der Waals surface area contributed by atoms with Crippen LogP contribution in [0.2, 0.25) is 0 Å². The van der Waals surface area contributed by atoms with Crippen LogP contribution in [-0.4, -0.2) is 29.9 Å². The fourth-order valence-electron chi connectivity index (χ4n) is 3.22. The van der Waals surface area contributed by atoms with E-state index in [1.807, 2.05) is 0 Å². The smallest absolute Gasteiger partial charge is 0.548 e. The number of carbonyl (C=O) groups is 2. The second kappa shape index (κ2) is 19.7. The van der Waals surface area contributed by atoms with E-state index in [2.05, 4.69) is 6.92 Å². The van der Waals surface area contributed by atoms with Gasteiger partial charge in [0.2, 0.25) is 5.91 Å². The maximum Gasteiger partial charge on any atom is 1.00 e. The molecular weight excluding hydrogens is 337 g/mol. The molecule has 0 aliphatic heterocycles. The van der Waals surface area contributed by atoms with Crippen LogP contribution in [0.3, 0.4) is 0 Å². The number of nitrogens with zero attached hydrogens (tertiary/aromatic N) is 1. The molecule has 1 amide bonds. The monoisotopic (exact) mass is 377 g/mol.